The van der Waals surface area contributed by atoms with Gasteiger partial charge < -0.3 is 24.4 Å². The zero-order valence-electron chi connectivity index (χ0n) is 27.7. The van der Waals surface area contributed by atoms with Gasteiger partial charge in [-0.2, -0.15) is 23.5 Å². The number of hydrogen-bond donors (Lipinski definition) is 2. The van der Waals surface area contributed by atoms with Gasteiger partial charge in [-0.15, -0.1) is 0 Å². The molecule has 254 valence electrons. The van der Waals surface area contributed by atoms with Crippen LogP contribution < -0.4 is 0 Å². The second kappa shape index (κ2) is 18.8. The minimum absolute atomic E-state index is 0.269. The lowest BCUT2D eigenvalue weighted by molar-refractivity contribution is 0.00693. The van der Waals surface area contributed by atoms with E-state index in [1.807, 2.05) is 47.8 Å². The maximum Gasteiger partial charge on any atom is 0.146 e. The van der Waals surface area contributed by atoms with Crippen LogP contribution >= 0.6 is 23.5 Å². The molecule has 5 rings (SSSR count). The molecule has 1 saturated heterocycles. The molecule has 2 aromatic carbocycles. The fourth-order valence-corrected chi connectivity index (χ4v) is 7.97. The molecule has 47 heavy (non-hydrogen) atoms. The lowest BCUT2D eigenvalue weighted by Crippen LogP contribution is -2.30. The molecule has 0 amide bonds. The van der Waals surface area contributed by atoms with Gasteiger partial charge in [-0.3, -0.25) is 19.8 Å². The molecule has 4 aromatic rings. The van der Waals surface area contributed by atoms with E-state index in [9.17, 15) is 10.2 Å². The van der Waals surface area contributed by atoms with Gasteiger partial charge in [0.1, 0.15) is 22.5 Å². The van der Waals surface area contributed by atoms with Crippen LogP contribution in [-0.4, -0.2) is 119 Å². The summed E-state index contributed by atoms with van der Waals surface area (Å²) in [5, 5.41) is 24.1. The summed E-state index contributed by atoms with van der Waals surface area (Å²) < 4.78 is 17.6. The Labute approximate surface area is 287 Å². The van der Waals surface area contributed by atoms with Crippen molar-refractivity contribution in [2.24, 2.45) is 0 Å². The minimum Gasteiger partial charge on any atom is -0.505 e. The molecule has 1 aliphatic heterocycles. The summed E-state index contributed by atoms with van der Waals surface area (Å²) >= 11 is 3.93. The summed E-state index contributed by atoms with van der Waals surface area (Å²) in [6, 6.07) is 12.0. The van der Waals surface area contributed by atoms with Gasteiger partial charge in [0.2, 0.25) is 0 Å². The molecule has 0 saturated carbocycles. The third-order valence-corrected chi connectivity index (χ3v) is 10.6. The highest BCUT2D eigenvalue weighted by molar-refractivity contribution is 8.02. The Kier molecular flexibility index (Phi) is 14.3. The molecule has 9 nitrogen and oxygen atoms in total. The van der Waals surface area contributed by atoms with Gasteiger partial charge in [0.25, 0.3) is 0 Å². The van der Waals surface area contributed by atoms with Crippen LogP contribution in [0.3, 0.4) is 0 Å². The summed E-state index contributed by atoms with van der Waals surface area (Å²) in [7, 11) is 0. The molecule has 1 aliphatic rings. The summed E-state index contributed by atoms with van der Waals surface area (Å²) in [6.07, 6.45) is 3.46. The number of aryl methyl sites for hydroxylation is 2. The second-order valence-corrected chi connectivity index (χ2v) is 14.3. The largest absolute Gasteiger partial charge is 0.505 e. The number of thioether (sulfide) groups is 2. The van der Waals surface area contributed by atoms with Crippen LogP contribution in [0.2, 0.25) is 0 Å². The topological polar surface area (TPSA) is 100 Å². The van der Waals surface area contributed by atoms with E-state index in [-0.39, 0.29) is 11.5 Å². The standard InChI is InChI=1S/C36H48N4O5S2/c1-27-23-29(35(41)33-31(27)5-3-7-37-33)25-39-9-13-43-15-17-45-18-16-44-14-10-40(12-20-47-22-21-46-19-11-39)26-30-24-28(2)32-6-4-8-38-34(32)36(30)42/h3-8,23-24,41-42H,9-22,25-26H2,1-2H3. The molecule has 3 heterocycles. The summed E-state index contributed by atoms with van der Waals surface area (Å²) in [5.74, 6) is 4.71. The number of hydrogen-bond acceptors (Lipinski definition) is 11. The zero-order chi connectivity index (χ0) is 32.8. The van der Waals surface area contributed by atoms with Crippen molar-refractivity contribution in [1.82, 2.24) is 19.8 Å². The van der Waals surface area contributed by atoms with Crippen LogP contribution in [0.15, 0.2) is 48.8 Å². The number of phenols is 2. The van der Waals surface area contributed by atoms with Gasteiger partial charge >= 0.3 is 0 Å². The van der Waals surface area contributed by atoms with Crippen molar-refractivity contribution in [3.8, 4) is 11.5 Å². The quantitative estimate of drug-likeness (QED) is 0.280. The third kappa shape index (κ3) is 10.4. The molecular formula is C36H48N4O5S2. The normalized spacial score (nSPS) is 18.3. The van der Waals surface area contributed by atoms with Crippen LogP contribution in [0.1, 0.15) is 22.3 Å². The Morgan fingerprint density at radius 1 is 0.617 bits per heavy atom. The number of phenolic OH excluding ortho intramolecular Hbond substituents is 2. The monoisotopic (exact) mass is 680 g/mol. The van der Waals surface area contributed by atoms with Crippen LogP contribution in [0.4, 0.5) is 0 Å². The van der Waals surface area contributed by atoms with Crippen LogP contribution in [0.5, 0.6) is 11.5 Å². The highest BCUT2D eigenvalue weighted by Gasteiger charge is 2.16. The number of benzene rings is 2. The highest BCUT2D eigenvalue weighted by Crippen LogP contribution is 2.32. The lowest BCUT2D eigenvalue weighted by Gasteiger charge is -2.23. The van der Waals surface area contributed by atoms with E-state index in [1.54, 1.807) is 12.4 Å². The minimum atomic E-state index is 0.269. The predicted molar refractivity (Wildman–Crippen MR) is 194 cm³/mol. The van der Waals surface area contributed by atoms with Crippen molar-refractivity contribution in [2.45, 2.75) is 26.9 Å². The fourth-order valence-electron chi connectivity index (χ4n) is 5.84. The van der Waals surface area contributed by atoms with E-state index in [4.69, 9.17) is 14.2 Å². The van der Waals surface area contributed by atoms with E-state index in [2.05, 4.69) is 45.7 Å². The molecule has 0 radical (unpaired) electrons. The smallest absolute Gasteiger partial charge is 0.146 e. The molecule has 0 atom stereocenters. The van der Waals surface area contributed by atoms with Gasteiger partial charge in [-0.25, -0.2) is 0 Å². The first kappa shape index (κ1) is 35.7. The van der Waals surface area contributed by atoms with E-state index in [1.165, 1.54) is 0 Å². The molecule has 11 heteroatoms. The summed E-state index contributed by atoms with van der Waals surface area (Å²) in [5.41, 5.74) is 5.36. The number of aromatic nitrogens is 2. The van der Waals surface area contributed by atoms with Gasteiger partial charge in [0, 0.05) is 96.6 Å². The zero-order valence-corrected chi connectivity index (χ0v) is 29.3. The van der Waals surface area contributed by atoms with Crippen molar-refractivity contribution in [3.05, 3.63) is 71.0 Å². The Morgan fingerprint density at radius 2 is 1.04 bits per heavy atom. The van der Waals surface area contributed by atoms with E-state index >= 15 is 0 Å². The number of ether oxygens (including phenoxy) is 3. The molecule has 0 aliphatic carbocycles. The van der Waals surface area contributed by atoms with Crippen molar-refractivity contribution >= 4 is 45.3 Å². The van der Waals surface area contributed by atoms with Crippen LogP contribution in [0.25, 0.3) is 21.8 Å². The third-order valence-electron chi connectivity index (χ3n) is 8.41. The van der Waals surface area contributed by atoms with Crippen LogP contribution in [0, 0.1) is 13.8 Å². The highest BCUT2D eigenvalue weighted by atomic mass is 32.2. The molecule has 2 N–H and O–H groups in total. The number of fused-ring (bicyclic) bond motifs is 2. The summed E-state index contributed by atoms with van der Waals surface area (Å²) in [4.78, 5) is 13.6. The fraction of sp³-hybridized carbons (Fsp3) is 0.500. The van der Waals surface area contributed by atoms with Crippen molar-refractivity contribution in [3.63, 3.8) is 0 Å². The SMILES string of the molecule is Cc1cc(CN2CCOCCOCCOCCN(Cc3cc(C)c4cccnc4c3O)CCSCCSCC2)c(O)c2ncccc12. The first-order valence-electron chi connectivity index (χ1n) is 16.5. The Bertz CT molecular complexity index is 1460. The molecule has 2 aromatic heterocycles. The molecule has 0 bridgehead atoms. The van der Waals surface area contributed by atoms with Gasteiger partial charge in [0.05, 0.1) is 39.6 Å². The van der Waals surface area contributed by atoms with E-state index in [0.717, 1.165) is 82.2 Å². The predicted octanol–water partition coefficient (Wildman–Crippen LogP) is 5.65. The maximum absolute atomic E-state index is 11.0. The van der Waals surface area contributed by atoms with E-state index in [0.29, 0.717) is 63.8 Å². The second-order valence-electron chi connectivity index (χ2n) is 11.8. The Balaban J connectivity index is 1.16. The van der Waals surface area contributed by atoms with Crippen molar-refractivity contribution < 1.29 is 24.4 Å². The molecular weight excluding hydrogens is 633 g/mol. The first-order chi connectivity index (χ1) is 23.0. The van der Waals surface area contributed by atoms with Gasteiger partial charge in [-0.05, 0) is 37.1 Å². The maximum atomic E-state index is 11.0. The van der Waals surface area contributed by atoms with Gasteiger partial charge in [0.15, 0.2) is 0 Å². The first-order valence-corrected chi connectivity index (χ1v) is 18.8. The molecule has 0 unspecified atom stereocenters. The Hall–Kier alpha value is -2.64. The van der Waals surface area contributed by atoms with Crippen LogP contribution in [-0.2, 0) is 27.3 Å². The van der Waals surface area contributed by atoms with Gasteiger partial charge in [-0.1, -0.05) is 24.3 Å². The average Bonchev–Trinajstić information content (AvgIpc) is 3.08. The number of nitrogens with zero attached hydrogens (tertiary/aromatic N) is 4. The number of pyridine rings is 2. The Morgan fingerprint density at radius 3 is 1.49 bits per heavy atom. The van der Waals surface area contributed by atoms with E-state index < -0.39 is 0 Å². The molecule has 0 spiro atoms. The van der Waals surface area contributed by atoms with Crippen molar-refractivity contribution in [2.75, 3.05) is 88.8 Å². The number of aromatic hydroxyl groups is 2. The lowest BCUT2D eigenvalue weighted by atomic mass is 10.0. The number of rotatable bonds is 4. The molecule has 1 fully saturated rings. The summed E-state index contributed by atoms with van der Waals surface area (Å²) in [6.45, 7) is 12.1. The average molecular weight is 681 g/mol. The van der Waals surface area contributed by atoms with Crippen molar-refractivity contribution in [1.29, 1.82) is 0 Å².